The predicted molar refractivity (Wildman–Crippen MR) is 102 cm³/mol. The number of amides is 1. The lowest BCUT2D eigenvalue weighted by Crippen LogP contribution is -2.42. The van der Waals surface area contributed by atoms with E-state index in [9.17, 15) is 13.2 Å². The van der Waals surface area contributed by atoms with Crippen molar-refractivity contribution < 1.29 is 13.2 Å². The number of halogens is 1. The van der Waals surface area contributed by atoms with Crippen LogP contribution in [-0.2, 0) is 10.0 Å². The molecule has 1 amide bonds. The SMILES string of the molecule is Cc1ccc(S(=O)(=O)N2CCCCC2C)cc1C(=O)NCCCN.Cl. The summed E-state index contributed by atoms with van der Waals surface area (Å²) in [7, 11) is -3.58. The van der Waals surface area contributed by atoms with Crippen LogP contribution in [0.15, 0.2) is 23.1 Å². The molecule has 1 aliphatic heterocycles. The number of hydrogen-bond acceptors (Lipinski definition) is 4. The fourth-order valence-corrected chi connectivity index (χ4v) is 4.70. The highest BCUT2D eigenvalue weighted by atomic mass is 35.5. The molecule has 0 spiro atoms. The number of rotatable bonds is 6. The first kappa shape index (κ1) is 21.9. The molecular formula is C17H28ClN3O3S. The van der Waals surface area contributed by atoms with Crippen molar-refractivity contribution in [1.29, 1.82) is 0 Å². The smallest absolute Gasteiger partial charge is 0.251 e. The summed E-state index contributed by atoms with van der Waals surface area (Å²) >= 11 is 0. The molecule has 25 heavy (non-hydrogen) atoms. The number of piperidine rings is 1. The summed E-state index contributed by atoms with van der Waals surface area (Å²) in [6.45, 7) is 5.26. The van der Waals surface area contributed by atoms with Gasteiger partial charge in [0.15, 0.2) is 0 Å². The van der Waals surface area contributed by atoms with E-state index < -0.39 is 10.0 Å². The van der Waals surface area contributed by atoms with Gasteiger partial charge >= 0.3 is 0 Å². The molecule has 0 bridgehead atoms. The van der Waals surface area contributed by atoms with Gasteiger partial charge in [-0.25, -0.2) is 8.42 Å². The molecule has 1 aliphatic rings. The monoisotopic (exact) mass is 389 g/mol. The van der Waals surface area contributed by atoms with E-state index in [2.05, 4.69) is 5.32 Å². The summed E-state index contributed by atoms with van der Waals surface area (Å²) in [5, 5.41) is 2.78. The molecule has 1 unspecified atom stereocenters. The molecule has 1 aromatic rings. The third kappa shape index (κ3) is 5.17. The highest BCUT2D eigenvalue weighted by molar-refractivity contribution is 7.89. The van der Waals surface area contributed by atoms with Crippen LogP contribution in [0, 0.1) is 6.92 Å². The Bertz CT molecular complexity index is 694. The van der Waals surface area contributed by atoms with Gasteiger partial charge in [-0.05, 0) is 57.4 Å². The zero-order valence-electron chi connectivity index (χ0n) is 14.8. The lowest BCUT2D eigenvalue weighted by molar-refractivity contribution is 0.0952. The normalized spacial score (nSPS) is 18.4. The molecular weight excluding hydrogens is 362 g/mol. The lowest BCUT2D eigenvalue weighted by atomic mass is 10.1. The summed E-state index contributed by atoms with van der Waals surface area (Å²) in [6.07, 6.45) is 3.49. The number of hydrogen-bond donors (Lipinski definition) is 2. The van der Waals surface area contributed by atoms with E-state index in [1.807, 2.05) is 6.92 Å². The van der Waals surface area contributed by atoms with Crippen molar-refractivity contribution in [1.82, 2.24) is 9.62 Å². The molecule has 8 heteroatoms. The van der Waals surface area contributed by atoms with Gasteiger partial charge in [-0.3, -0.25) is 4.79 Å². The molecule has 1 atom stereocenters. The van der Waals surface area contributed by atoms with Crippen LogP contribution in [0.1, 0.15) is 48.5 Å². The molecule has 142 valence electrons. The van der Waals surface area contributed by atoms with E-state index in [1.54, 1.807) is 23.4 Å². The van der Waals surface area contributed by atoms with E-state index in [-0.39, 0.29) is 29.3 Å². The fourth-order valence-electron chi connectivity index (χ4n) is 2.97. The third-order valence-electron chi connectivity index (χ3n) is 4.47. The highest BCUT2D eigenvalue weighted by Gasteiger charge is 2.31. The summed E-state index contributed by atoms with van der Waals surface area (Å²) in [4.78, 5) is 12.5. The van der Waals surface area contributed by atoms with Crippen LogP contribution in [0.3, 0.4) is 0 Å². The molecule has 1 aromatic carbocycles. The molecule has 0 aliphatic carbocycles. The van der Waals surface area contributed by atoms with Crippen molar-refractivity contribution in [2.45, 2.75) is 50.5 Å². The number of carbonyl (C=O) groups is 1. The second kappa shape index (κ2) is 9.52. The van der Waals surface area contributed by atoms with Gasteiger partial charge < -0.3 is 11.1 Å². The standard InChI is InChI=1S/C17H27N3O3S.ClH/c1-13-7-8-15(12-16(13)17(21)19-10-5-9-18)24(22,23)20-11-4-3-6-14(20)2;/h7-8,12,14H,3-6,9-11,18H2,1-2H3,(H,19,21);1H. The van der Waals surface area contributed by atoms with Crippen LogP contribution < -0.4 is 11.1 Å². The highest BCUT2D eigenvalue weighted by Crippen LogP contribution is 2.26. The van der Waals surface area contributed by atoms with Crippen LogP contribution >= 0.6 is 12.4 Å². The Morgan fingerprint density at radius 3 is 2.72 bits per heavy atom. The Morgan fingerprint density at radius 2 is 2.08 bits per heavy atom. The van der Waals surface area contributed by atoms with E-state index in [0.717, 1.165) is 24.8 Å². The number of carbonyl (C=O) groups excluding carboxylic acids is 1. The summed E-state index contributed by atoms with van der Waals surface area (Å²) in [6, 6.07) is 4.76. The number of aryl methyl sites for hydroxylation is 1. The quantitative estimate of drug-likeness (QED) is 0.728. The number of nitrogens with two attached hydrogens (primary N) is 1. The first-order valence-corrected chi connectivity index (χ1v) is 9.92. The Kier molecular flexibility index (Phi) is 8.34. The third-order valence-corrected chi connectivity index (χ3v) is 6.48. The predicted octanol–water partition coefficient (Wildman–Crippen LogP) is 2.06. The zero-order valence-corrected chi connectivity index (χ0v) is 16.5. The summed E-state index contributed by atoms with van der Waals surface area (Å²) < 4.78 is 27.4. The van der Waals surface area contributed by atoms with E-state index in [1.165, 1.54) is 6.07 Å². The first-order valence-electron chi connectivity index (χ1n) is 8.48. The van der Waals surface area contributed by atoms with E-state index >= 15 is 0 Å². The first-order chi connectivity index (χ1) is 11.4. The maximum atomic E-state index is 12.9. The van der Waals surface area contributed by atoms with Crippen molar-refractivity contribution in [2.24, 2.45) is 5.73 Å². The van der Waals surface area contributed by atoms with Gasteiger partial charge in [-0.15, -0.1) is 12.4 Å². The maximum absolute atomic E-state index is 12.9. The van der Waals surface area contributed by atoms with Gasteiger partial charge in [-0.2, -0.15) is 4.31 Å². The van der Waals surface area contributed by atoms with Crippen LogP contribution in [0.5, 0.6) is 0 Å². The van der Waals surface area contributed by atoms with Crippen LogP contribution in [0.2, 0.25) is 0 Å². The summed E-state index contributed by atoms with van der Waals surface area (Å²) in [5.74, 6) is -0.260. The minimum absolute atomic E-state index is 0. The average Bonchev–Trinajstić information content (AvgIpc) is 2.55. The molecule has 3 N–H and O–H groups in total. The van der Waals surface area contributed by atoms with Gasteiger partial charge in [0.05, 0.1) is 4.90 Å². The van der Waals surface area contributed by atoms with Gasteiger partial charge in [0.2, 0.25) is 10.0 Å². The summed E-state index contributed by atoms with van der Waals surface area (Å²) in [5.41, 5.74) is 6.58. The van der Waals surface area contributed by atoms with Crippen LogP contribution in [0.4, 0.5) is 0 Å². The lowest BCUT2D eigenvalue weighted by Gasteiger charge is -2.32. The number of nitrogens with zero attached hydrogens (tertiary/aromatic N) is 1. The second-order valence-corrected chi connectivity index (χ2v) is 8.23. The fraction of sp³-hybridized carbons (Fsp3) is 0.588. The minimum atomic E-state index is -3.58. The Balaban J connectivity index is 0.00000312. The zero-order chi connectivity index (χ0) is 17.7. The van der Waals surface area contributed by atoms with Gasteiger partial charge in [-0.1, -0.05) is 12.5 Å². The molecule has 1 fully saturated rings. The largest absolute Gasteiger partial charge is 0.352 e. The molecule has 1 heterocycles. The molecule has 0 aromatic heterocycles. The Morgan fingerprint density at radius 1 is 1.36 bits per heavy atom. The van der Waals surface area contributed by atoms with Gasteiger partial charge in [0.1, 0.15) is 0 Å². The molecule has 2 rings (SSSR count). The Labute approximate surface area is 156 Å². The van der Waals surface area contributed by atoms with Crippen molar-refractivity contribution in [3.05, 3.63) is 29.3 Å². The van der Waals surface area contributed by atoms with Crippen molar-refractivity contribution >= 4 is 28.3 Å². The molecule has 0 radical (unpaired) electrons. The van der Waals surface area contributed by atoms with Crippen molar-refractivity contribution in [3.8, 4) is 0 Å². The van der Waals surface area contributed by atoms with Crippen molar-refractivity contribution in [3.63, 3.8) is 0 Å². The van der Waals surface area contributed by atoms with E-state index in [4.69, 9.17) is 5.73 Å². The topological polar surface area (TPSA) is 92.5 Å². The van der Waals surface area contributed by atoms with Gasteiger partial charge in [0.25, 0.3) is 5.91 Å². The van der Waals surface area contributed by atoms with Crippen LogP contribution in [0.25, 0.3) is 0 Å². The van der Waals surface area contributed by atoms with Crippen LogP contribution in [-0.4, -0.2) is 44.3 Å². The Hall–Kier alpha value is -1.15. The minimum Gasteiger partial charge on any atom is -0.352 e. The number of nitrogens with one attached hydrogen (secondary N) is 1. The average molecular weight is 390 g/mol. The molecule has 6 nitrogen and oxygen atoms in total. The van der Waals surface area contributed by atoms with E-state index in [0.29, 0.717) is 31.6 Å². The maximum Gasteiger partial charge on any atom is 0.251 e. The van der Waals surface area contributed by atoms with Crippen molar-refractivity contribution in [2.75, 3.05) is 19.6 Å². The van der Waals surface area contributed by atoms with Gasteiger partial charge in [0, 0.05) is 24.7 Å². The number of benzene rings is 1. The molecule has 1 saturated heterocycles. The second-order valence-electron chi connectivity index (χ2n) is 6.34. The molecule has 0 saturated carbocycles. The number of sulfonamides is 1.